The molecular weight excluding hydrogens is 334 g/mol. The summed E-state index contributed by atoms with van der Waals surface area (Å²) in [7, 11) is 5.22. The second-order valence-corrected chi connectivity index (χ2v) is 5.37. The normalized spacial score (nSPS) is 12.2. The lowest BCUT2D eigenvalue weighted by molar-refractivity contribution is 0.383. The van der Waals surface area contributed by atoms with Gasteiger partial charge in [-0.2, -0.15) is 0 Å². The van der Waals surface area contributed by atoms with E-state index in [0.29, 0.717) is 0 Å². The summed E-state index contributed by atoms with van der Waals surface area (Å²) < 4.78 is 17.3. The molecule has 0 saturated heterocycles. The summed E-state index contributed by atoms with van der Waals surface area (Å²) in [6.45, 7) is 2.08. The van der Waals surface area contributed by atoms with Gasteiger partial charge in [0.15, 0.2) is 0 Å². The highest BCUT2D eigenvalue weighted by molar-refractivity contribution is 9.10. The number of benzene rings is 1. The molecule has 1 heterocycles. The molecule has 0 fully saturated rings. The molecule has 1 atom stereocenters. The molecule has 1 unspecified atom stereocenters. The Bertz CT molecular complexity index is 610. The van der Waals surface area contributed by atoms with Gasteiger partial charge >= 0.3 is 0 Å². The highest BCUT2D eigenvalue weighted by Crippen LogP contribution is 2.41. The molecule has 5 heteroatoms. The first kappa shape index (κ1) is 15.9. The number of methoxy groups -OCH3 is 2. The second kappa shape index (κ2) is 7.00. The number of hydrogen-bond acceptors (Lipinski definition) is 4. The standard InChI is InChI=1S/C16H20BrNO3/c1-5-12-10(8-9-21-12)15(18-2)11-6-7-13(19-3)14(17)16(11)20-4/h6-9,15,18H,5H2,1-4H3. The molecule has 2 rings (SSSR count). The van der Waals surface area contributed by atoms with Crippen molar-refractivity contribution in [3.63, 3.8) is 0 Å². The fourth-order valence-corrected chi connectivity index (χ4v) is 3.20. The minimum absolute atomic E-state index is 0.00384. The van der Waals surface area contributed by atoms with Gasteiger partial charge in [-0.05, 0) is 41.2 Å². The van der Waals surface area contributed by atoms with Gasteiger partial charge in [-0.1, -0.05) is 6.92 Å². The zero-order chi connectivity index (χ0) is 15.4. The SMILES string of the molecule is CCc1occc1C(NC)c1ccc(OC)c(Br)c1OC. The summed E-state index contributed by atoms with van der Waals surface area (Å²) in [4.78, 5) is 0. The van der Waals surface area contributed by atoms with Crippen LogP contribution in [0.5, 0.6) is 11.5 Å². The summed E-state index contributed by atoms with van der Waals surface area (Å²) in [6, 6.07) is 5.93. The molecule has 0 bridgehead atoms. The first-order valence-electron chi connectivity index (χ1n) is 6.81. The molecule has 0 spiro atoms. The largest absolute Gasteiger partial charge is 0.495 e. The van der Waals surface area contributed by atoms with Gasteiger partial charge in [-0.15, -0.1) is 0 Å². The predicted molar refractivity (Wildman–Crippen MR) is 86.2 cm³/mol. The van der Waals surface area contributed by atoms with E-state index in [1.165, 1.54) is 0 Å². The maximum absolute atomic E-state index is 5.58. The first-order chi connectivity index (χ1) is 10.2. The minimum Gasteiger partial charge on any atom is -0.495 e. The van der Waals surface area contributed by atoms with Crippen molar-refractivity contribution in [2.45, 2.75) is 19.4 Å². The Balaban J connectivity index is 2.55. The predicted octanol–water partition coefficient (Wildman–Crippen LogP) is 3.93. The van der Waals surface area contributed by atoms with Gasteiger partial charge in [0, 0.05) is 17.5 Å². The highest BCUT2D eigenvalue weighted by Gasteiger charge is 2.23. The smallest absolute Gasteiger partial charge is 0.141 e. The molecule has 1 N–H and O–H groups in total. The van der Waals surface area contributed by atoms with Crippen LogP contribution in [-0.2, 0) is 6.42 Å². The Hall–Kier alpha value is -1.46. The lowest BCUT2D eigenvalue weighted by Gasteiger charge is -2.21. The van der Waals surface area contributed by atoms with Crippen LogP contribution in [0.2, 0.25) is 0 Å². The molecule has 0 aliphatic carbocycles. The minimum atomic E-state index is -0.00384. The van der Waals surface area contributed by atoms with E-state index in [0.717, 1.165) is 39.3 Å². The Morgan fingerprint density at radius 3 is 2.52 bits per heavy atom. The molecular formula is C16H20BrNO3. The van der Waals surface area contributed by atoms with Crippen LogP contribution in [0.1, 0.15) is 29.9 Å². The van der Waals surface area contributed by atoms with Crippen molar-refractivity contribution >= 4 is 15.9 Å². The zero-order valence-electron chi connectivity index (χ0n) is 12.7. The van der Waals surface area contributed by atoms with Crippen LogP contribution in [0, 0.1) is 0 Å². The third kappa shape index (κ3) is 2.94. The molecule has 0 aliphatic rings. The van der Waals surface area contributed by atoms with Gasteiger partial charge in [0.25, 0.3) is 0 Å². The molecule has 0 saturated carbocycles. The van der Waals surface area contributed by atoms with E-state index < -0.39 is 0 Å². The van der Waals surface area contributed by atoms with Crippen molar-refractivity contribution in [3.8, 4) is 11.5 Å². The van der Waals surface area contributed by atoms with Crippen LogP contribution in [0.15, 0.2) is 33.4 Å². The summed E-state index contributed by atoms with van der Waals surface area (Å²) in [5.74, 6) is 2.48. The van der Waals surface area contributed by atoms with Gasteiger partial charge < -0.3 is 19.2 Å². The third-order valence-corrected chi connectivity index (χ3v) is 4.28. The monoisotopic (exact) mass is 353 g/mol. The molecule has 2 aromatic rings. The maximum Gasteiger partial charge on any atom is 0.141 e. The van der Waals surface area contributed by atoms with Crippen LogP contribution >= 0.6 is 15.9 Å². The van der Waals surface area contributed by atoms with Gasteiger partial charge in [-0.3, -0.25) is 0 Å². The van der Waals surface area contributed by atoms with Crippen LogP contribution in [0.4, 0.5) is 0 Å². The van der Waals surface area contributed by atoms with Crippen molar-refractivity contribution < 1.29 is 13.9 Å². The molecule has 4 nitrogen and oxygen atoms in total. The van der Waals surface area contributed by atoms with E-state index in [1.807, 2.05) is 25.2 Å². The maximum atomic E-state index is 5.58. The Morgan fingerprint density at radius 1 is 1.19 bits per heavy atom. The lowest BCUT2D eigenvalue weighted by Crippen LogP contribution is -2.19. The number of nitrogens with one attached hydrogen (secondary N) is 1. The second-order valence-electron chi connectivity index (χ2n) is 4.58. The van der Waals surface area contributed by atoms with Crippen LogP contribution in [0.3, 0.4) is 0 Å². The molecule has 0 amide bonds. The summed E-state index contributed by atoms with van der Waals surface area (Å²) in [5.41, 5.74) is 2.15. The molecule has 1 aromatic carbocycles. The summed E-state index contributed by atoms with van der Waals surface area (Å²) >= 11 is 3.55. The number of halogens is 1. The molecule has 0 radical (unpaired) electrons. The van der Waals surface area contributed by atoms with Crippen molar-refractivity contribution in [2.75, 3.05) is 21.3 Å². The van der Waals surface area contributed by atoms with E-state index in [1.54, 1.807) is 20.5 Å². The van der Waals surface area contributed by atoms with E-state index in [2.05, 4.69) is 28.2 Å². The first-order valence-corrected chi connectivity index (χ1v) is 7.61. The molecule has 114 valence electrons. The summed E-state index contributed by atoms with van der Waals surface area (Å²) in [6.07, 6.45) is 2.57. The number of aryl methyl sites for hydroxylation is 1. The van der Waals surface area contributed by atoms with Gasteiger partial charge in [0.1, 0.15) is 21.7 Å². The number of hydrogen-bond donors (Lipinski definition) is 1. The fourth-order valence-electron chi connectivity index (χ4n) is 2.52. The number of rotatable bonds is 6. The average molecular weight is 354 g/mol. The molecule has 0 aliphatic heterocycles. The van der Waals surface area contributed by atoms with Gasteiger partial charge in [0.2, 0.25) is 0 Å². The Labute approximate surface area is 133 Å². The number of ether oxygens (including phenoxy) is 2. The van der Waals surface area contributed by atoms with Crippen molar-refractivity contribution in [1.82, 2.24) is 5.32 Å². The summed E-state index contributed by atoms with van der Waals surface area (Å²) in [5, 5.41) is 3.33. The quantitative estimate of drug-likeness (QED) is 0.854. The molecule has 1 aromatic heterocycles. The fraction of sp³-hybridized carbons (Fsp3) is 0.375. The van der Waals surface area contributed by atoms with Crippen LogP contribution in [0.25, 0.3) is 0 Å². The van der Waals surface area contributed by atoms with E-state index >= 15 is 0 Å². The Morgan fingerprint density at radius 2 is 1.95 bits per heavy atom. The van der Waals surface area contributed by atoms with Gasteiger partial charge in [0.05, 0.1) is 26.5 Å². The van der Waals surface area contributed by atoms with Crippen LogP contribution in [-0.4, -0.2) is 21.3 Å². The molecule has 21 heavy (non-hydrogen) atoms. The highest BCUT2D eigenvalue weighted by atomic mass is 79.9. The van der Waals surface area contributed by atoms with Crippen LogP contribution < -0.4 is 14.8 Å². The van der Waals surface area contributed by atoms with E-state index in [9.17, 15) is 0 Å². The third-order valence-electron chi connectivity index (χ3n) is 3.53. The van der Waals surface area contributed by atoms with Crippen molar-refractivity contribution in [3.05, 3.63) is 45.8 Å². The van der Waals surface area contributed by atoms with Gasteiger partial charge in [-0.25, -0.2) is 0 Å². The topological polar surface area (TPSA) is 43.6 Å². The zero-order valence-corrected chi connectivity index (χ0v) is 14.3. The average Bonchev–Trinajstić information content (AvgIpc) is 2.97. The lowest BCUT2D eigenvalue weighted by atomic mass is 9.97. The van der Waals surface area contributed by atoms with Crippen molar-refractivity contribution in [2.24, 2.45) is 0 Å². The van der Waals surface area contributed by atoms with Crippen molar-refractivity contribution in [1.29, 1.82) is 0 Å². The Kier molecular flexibility index (Phi) is 5.31. The van der Waals surface area contributed by atoms with E-state index in [4.69, 9.17) is 13.9 Å². The number of furan rings is 1. The van der Waals surface area contributed by atoms with E-state index in [-0.39, 0.29) is 6.04 Å².